The van der Waals surface area contributed by atoms with Crippen LogP contribution in [-0.2, 0) is 4.79 Å². The largest absolute Gasteiger partial charge is 0.481 e. The van der Waals surface area contributed by atoms with E-state index in [1.54, 1.807) is 31.2 Å². The molecule has 28 heavy (non-hydrogen) atoms. The van der Waals surface area contributed by atoms with Crippen LogP contribution in [0.4, 0.5) is 5.69 Å². The van der Waals surface area contributed by atoms with E-state index in [1.807, 2.05) is 6.92 Å². The number of carbonyl (C=O) groups excluding carboxylic acids is 1. The van der Waals surface area contributed by atoms with Gasteiger partial charge in [0.15, 0.2) is 6.10 Å². The van der Waals surface area contributed by atoms with Gasteiger partial charge in [-0.05, 0) is 68.5 Å². The van der Waals surface area contributed by atoms with Gasteiger partial charge < -0.3 is 15.0 Å². The molecule has 1 aliphatic rings. The number of nitrogens with one attached hydrogen (secondary N) is 1. The van der Waals surface area contributed by atoms with Gasteiger partial charge in [-0.3, -0.25) is 4.79 Å². The van der Waals surface area contributed by atoms with Crippen LogP contribution in [0.25, 0.3) is 0 Å². The lowest BCUT2D eigenvalue weighted by atomic mass is 9.99. The van der Waals surface area contributed by atoms with Crippen molar-refractivity contribution in [3.63, 3.8) is 0 Å². The van der Waals surface area contributed by atoms with E-state index in [-0.39, 0.29) is 11.9 Å². The van der Waals surface area contributed by atoms with Gasteiger partial charge in [-0.2, -0.15) is 0 Å². The van der Waals surface area contributed by atoms with Crippen LogP contribution in [-0.4, -0.2) is 25.1 Å². The number of nitrogens with zero attached hydrogens (tertiary/aromatic N) is 1. The van der Waals surface area contributed by atoms with Crippen molar-refractivity contribution in [2.24, 2.45) is 5.92 Å². The molecule has 4 nitrogen and oxygen atoms in total. The number of rotatable bonds is 6. The molecule has 2 aromatic carbocycles. The Labute approximate surface area is 172 Å². The van der Waals surface area contributed by atoms with Gasteiger partial charge in [0.1, 0.15) is 5.75 Å². The third-order valence-corrected chi connectivity index (χ3v) is 5.49. The number of benzene rings is 2. The Bertz CT molecular complexity index is 793. The molecule has 1 heterocycles. The van der Waals surface area contributed by atoms with E-state index in [9.17, 15) is 4.79 Å². The Kier molecular flexibility index (Phi) is 6.84. The third kappa shape index (κ3) is 5.41. The quantitative estimate of drug-likeness (QED) is 0.722. The minimum absolute atomic E-state index is 0.0905. The summed E-state index contributed by atoms with van der Waals surface area (Å²) in [5.74, 6) is 1.18. The summed E-state index contributed by atoms with van der Waals surface area (Å²) in [6, 6.07) is 15.5. The SMILES string of the molecule is C[C@@H]1CCCN(c2ccc([C@@H](C)NC(=O)[C@@H](C)Oc3cccc(Cl)c3)cc2)C1. The molecule has 3 rings (SSSR count). The summed E-state index contributed by atoms with van der Waals surface area (Å²) in [6.07, 6.45) is 1.96. The molecule has 0 aliphatic carbocycles. The van der Waals surface area contributed by atoms with Crippen molar-refractivity contribution in [1.82, 2.24) is 5.32 Å². The Hall–Kier alpha value is -2.20. The van der Waals surface area contributed by atoms with Crippen molar-refractivity contribution in [1.29, 1.82) is 0 Å². The van der Waals surface area contributed by atoms with Gasteiger partial charge in [0, 0.05) is 23.8 Å². The van der Waals surface area contributed by atoms with Crippen LogP contribution < -0.4 is 15.0 Å². The van der Waals surface area contributed by atoms with Crippen molar-refractivity contribution >= 4 is 23.2 Å². The van der Waals surface area contributed by atoms with Gasteiger partial charge in [0.2, 0.25) is 0 Å². The molecule has 5 heteroatoms. The molecule has 0 unspecified atom stereocenters. The smallest absolute Gasteiger partial charge is 0.261 e. The van der Waals surface area contributed by atoms with Crippen LogP contribution in [0.1, 0.15) is 45.2 Å². The maximum absolute atomic E-state index is 12.5. The van der Waals surface area contributed by atoms with Crippen molar-refractivity contribution < 1.29 is 9.53 Å². The predicted octanol–water partition coefficient (Wildman–Crippen LogP) is 5.22. The van der Waals surface area contributed by atoms with E-state index in [4.69, 9.17) is 16.3 Å². The molecule has 1 N–H and O–H groups in total. The first-order chi connectivity index (χ1) is 13.4. The zero-order valence-corrected chi connectivity index (χ0v) is 17.6. The maximum Gasteiger partial charge on any atom is 0.261 e. The summed E-state index contributed by atoms with van der Waals surface area (Å²) in [6.45, 7) is 8.27. The predicted molar refractivity (Wildman–Crippen MR) is 115 cm³/mol. The first-order valence-corrected chi connectivity index (χ1v) is 10.4. The maximum atomic E-state index is 12.5. The molecule has 0 radical (unpaired) electrons. The second kappa shape index (κ2) is 9.33. The zero-order valence-electron chi connectivity index (χ0n) is 16.8. The Balaban J connectivity index is 1.56. The van der Waals surface area contributed by atoms with Crippen molar-refractivity contribution in [3.8, 4) is 5.75 Å². The molecule has 0 spiro atoms. The fraction of sp³-hybridized carbons (Fsp3) is 0.435. The van der Waals surface area contributed by atoms with Crippen LogP contribution in [0, 0.1) is 5.92 Å². The van der Waals surface area contributed by atoms with E-state index in [0.29, 0.717) is 10.8 Å². The second-order valence-corrected chi connectivity index (χ2v) is 8.17. The second-order valence-electron chi connectivity index (χ2n) is 7.73. The number of anilines is 1. The highest BCUT2D eigenvalue weighted by atomic mass is 35.5. The normalized spacial score (nSPS) is 19.0. The molecule has 1 fully saturated rings. The zero-order chi connectivity index (χ0) is 20.1. The van der Waals surface area contributed by atoms with Crippen molar-refractivity contribution in [2.45, 2.75) is 45.8 Å². The van der Waals surface area contributed by atoms with Gasteiger partial charge in [-0.25, -0.2) is 0 Å². The molecule has 1 aliphatic heterocycles. The number of halogens is 1. The molecule has 0 bridgehead atoms. The lowest BCUT2D eigenvalue weighted by molar-refractivity contribution is -0.127. The first kappa shape index (κ1) is 20.5. The molecule has 1 saturated heterocycles. The standard InChI is InChI=1S/C23H29ClN2O2/c1-16-6-5-13-26(15-16)21-11-9-19(10-12-21)17(2)25-23(27)18(3)28-22-8-4-7-20(24)14-22/h4,7-12,14,16-18H,5-6,13,15H2,1-3H3,(H,25,27)/t16-,17-,18-/m1/s1. The summed E-state index contributed by atoms with van der Waals surface area (Å²) < 4.78 is 5.70. The van der Waals surface area contributed by atoms with E-state index in [2.05, 4.69) is 41.4 Å². The number of amides is 1. The van der Waals surface area contributed by atoms with Gasteiger partial charge in [-0.15, -0.1) is 0 Å². The van der Waals surface area contributed by atoms with Crippen molar-refractivity contribution in [2.75, 3.05) is 18.0 Å². The van der Waals surface area contributed by atoms with E-state index in [1.165, 1.54) is 18.5 Å². The highest BCUT2D eigenvalue weighted by molar-refractivity contribution is 6.30. The van der Waals surface area contributed by atoms with E-state index < -0.39 is 6.10 Å². The molecular formula is C23H29ClN2O2. The van der Waals surface area contributed by atoms with E-state index >= 15 is 0 Å². The Morgan fingerprint density at radius 2 is 1.96 bits per heavy atom. The monoisotopic (exact) mass is 400 g/mol. The Morgan fingerprint density at radius 1 is 1.21 bits per heavy atom. The lowest BCUT2D eigenvalue weighted by Crippen LogP contribution is -2.37. The molecule has 150 valence electrons. The van der Waals surface area contributed by atoms with Crippen LogP contribution >= 0.6 is 11.6 Å². The molecule has 2 aromatic rings. The molecule has 1 amide bonds. The van der Waals surface area contributed by atoms with Crippen LogP contribution in [0.2, 0.25) is 5.02 Å². The van der Waals surface area contributed by atoms with Gasteiger partial charge in [-0.1, -0.05) is 36.7 Å². The van der Waals surface area contributed by atoms with Gasteiger partial charge in [0.05, 0.1) is 6.04 Å². The third-order valence-electron chi connectivity index (χ3n) is 5.25. The number of carbonyl (C=O) groups is 1. The molecule has 0 aromatic heterocycles. The first-order valence-electron chi connectivity index (χ1n) is 10.00. The highest BCUT2D eigenvalue weighted by Crippen LogP contribution is 2.25. The van der Waals surface area contributed by atoms with E-state index in [0.717, 1.165) is 24.6 Å². The van der Waals surface area contributed by atoms with Gasteiger partial charge >= 0.3 is 0 Å². The van der Waals surface area contributed by atoms with Crippen LogP contribution in [0.15, 0.2) is 48.5 Å². The summed E-state index contributed by atoms with van der Waals surface area (Å²) in [5, 5.41) is 3.61. The number of piperidine rings is 1. The number of ether oxygens (including phenoxy) is 1. The number of hydrogen-bond acceptors (Lipinski definition) is 3. The summed E-state index contributed by atoms with van der Waals surface area (Å²) in [7, 11) is 0. The van der Waals surface area contributed by atoms with Gasteiger partial charge in [0.25, 0.3) is 5.91 Å². The molecular weight excluding hydrogens is 372 g/mol. The summed E-state index contributed by atoms with van der Waals surface area (Å²) >= 11 is 5.97. The number of hydrogen-bond donors (Lipinski definition) is 1. The average molecular weight is 401 g/mol. The minimum Gasteiger partial charge on any atom is -0.481 e. The highest BCUT2D eigenvalue weighted by Gasteiger charge is 2.19. The minimum atomic E-state index is -0.602. The summed E-state index contributed by atoms with van der Waals surface area (Å²) in [4.78, 5) is 14.9. The lowest BCUT2D eigenvalue weighted by Gasteiger charge is -2.33. The Morgan fingerprint density at radius 3 is 2.64 bits per heavy atom. The van der Waals surface area contributed by atoms with Crippen molar-refractivity contribution in [3.05, 3.63) is 59.1 Å². The van der Waals surface area contributed by atoms with Crippen LogP contribution in [0.3, 0.4) is 0 Å². The topological polar surface area (TPSA) is 41.6 Å². The average Bonchev–Trinajstić information content (AvgIpc) is 2.68. The summed E-state index contributed by atoms with van der Waals surface area (Å²) in [5.41, 5.74) is 2.34. The molecule has 0 saturated carbocycles. The fourth-order valence-electron chi connectivity index (χ4n) is 3.61. The molecule has 3 atom stereocenters. The fourth-order valence-corrected chi connectivity index (χ4v) is 3.79. The van der Waals surface area contributed by atoms with Crippen LogP contribution in [0.5, 0.6) is 5.75 Å².